The molecule has 0 spiro atoms. The maximum Gasteiger partial charge on any atom is 0.573 e. The lowest BCUT2D eigenvalue weighted by molar-refractivity contribution is -0.275. The van der Waals surface area contributed by atoms with Crippen LogP contribution < -0.4 is 4.74 Å². The van der Waals surface area contributed by atoms with Crippen LogP contribution in [0, 0.1) is 23.6 Å². The van der Waals surface area contributed by atoms with Gasteiger partial charge in [0.05, 0.1) is 0 Å². The van der Waals surface area contributed by atoms with Crippen molar-refractivity contribution in [1.29, 1.82) is 0 Å². The Hall–Kier alpha value is -1.78. The fourth-order valence-electron chi connectivity index (χ4n) is 5.46. The van der Waals surface area contributed by atoms with E-state index >= 15 is 4.39 Å². The topological polar surface area (TPSA) is 9.23 Å². The van der Waals surface area contributed by atoms with Crippen LogP contribution in [0.3, 0.4) is 0 Å². The molecule has 2 aliphatic rings. The first kappa shape index (κ1) is 19.5. The van der Waals surface area contributed by atoms with Crippen molar-refractivity contribution in [2.45, 2.75) is 64.1 Å². The monoisotopic (exact) mass is 394 g/mol. The molecule has 2 aromatic rings. The summed E-state index contributed by atoms with van der Waals surface area (Å²) in [6, 6.07) is 8.29. The summed E-state index contributed by atoms with van der Waals surface area (Å²) in [5.41, 5.74) is 0.383. The third-order valence-corrected chi connectivity index (χ3v) is 6.93. The molecule has 2 aliphatic carbocycles. The van der Waals surface area contributed by atoms with E-state index in [1.807, 2.05) is 0 Å². The summed E-state index contributed by atoms with van der Waals surface area (Å²) in [7, 11) is 0. The van der Waals surface area contributed by atoms with Gasteiger partial charge in [0.1, 0.15) is 0 Å². The van der Waals surface area contributed by atoms with Crippen LogP contribution >= 0.6 is 0 Å². The van der Waals surface area contributed by atoms with Gasteiger partial charge in [0.2, 0.25) is 0 Å². The summed E-state index contributed by atoms with van der Waals surface area (Å²) in [6.45, 7) is 2.24. The maximum atomic E-state index is 15.2. The van der Waals surface area contributed by atoms with E-state index in [4.69, 9.17) is 0 Å². The van der Waals surface area contributed by atoms with Crippen LogP contribution in [0.2, 0.25) is 0 Å². The second kappa shape index (κ2) is 7.57. The van der Waals surface area contributed by atoms with Crippen LogP contribution in [0.1, 0.15) is 63.4 Å². The highest BCUT2D eigenvalue weighted by molar-refractivity contribution is 5.89. The van der Waals surface area contributed by atoms with Crippen molar-refractivity contribution in [3.8, 4) is 5.75 Å². The van der Waals surface area contributed by atoms with Crippen molar-refractivity contribution in [3.63, 3.8) is 0 Å². The summed E-state index contributed by atoms with van der Waals surface area (Å²) in [4.78, 5) is 0. The number of fused-ring (bicyclic) bond motifs is 2. The fourth-order valence-corrected chi connectivity index (χ4v) is 5.46. The van der Waals surface area contributed by atoms with Gasteiger partial charge in [0.25, 0.3) is 0 Å². The smallest absolute Gasteiger partial charge is 0.402 e. The molecule has 0 aromatic heterocycles. The molecule has 4 unspecified atom stereocenters. The summed E-state index contributed by atoms with van der Waals surface area (Å²) in [5.74, 6) is 0.463. The molecule has 0 saturated heterocycles. The number of halogens is 4. The van der Waals surface area contributed by atoms with E-state index < -0.39 is 17.9 Å². The van der Waals surface area contributed by atoms with Crippen molar-refractivity contribution >= 4 is 10.8 Å². The number of hydrogen-bond donors (Lipinski definition) is 0. The maximum absolute atomic E-state index is 15.2. The second-order valence-electron chi connectivity index (χ2n) is 8.50. The first-order valence-electron chi connectivity index (χ1n) is 10.3. The molecule has 2 saturated carbocycles. The number of benzene rings is 2. The standard InChI is InChI=1S/C23H26F4O/c1-2-14-7-8-16-12-18(10-9-15(16)11-14)20-13-17-5-3-4-6-19(17)22(21(20)24)28-23(25,26)27/h3-6,13-16,18H,2,7-12H2,1H3. The molecule has 0 radical (unpaired) electrons. The normalized spacial score (nSPS) is 28.2. The molecule has 28 heavy (non-hydrogen) atoms. The van der Waals surface area contributed by atoms with Crippen LogP contribution in [0.25, 0.3) is 10.8 Å². The fraction of sp³-hybridized carbons (Fsp3) is 0.565. The number of rotatable bonds is 3. The van der Waals surface area contributed by atoms with Crippen LogP contribution in [0.5, 0.6) is 5.75 Å². The molecular weight excluding hydrogens is 368 g/mol. The molecule has 0 heterocycles. The third-order valence-electron chi connectivity index (χ3n) is 6.93. The predicted octanol–water partition coefficient (Wildman–Crippen LogP) is 7.59. The van der Waals surface area contributed by atoms with Gasteiger partial charge in [0, 0.05) is 5.39 Å². The quantitative estimate of drug-likeness (QED) is 0.487. The van der Waals surface area contributed by atoms with Crippen molar-refractivity contribution in [3.05, 3.63) is 41.7 Å². The Balaban J connectivity index is 1.67. The molecule has 0 aliphatic heterocycles. The lowest BCUT2D eigenvalue weighted by Gasteiger charge is -2.42. The zero-order valence-corrected chi connectivity index (χ0v) is 16.1. The predicted molar refractivity (Wildman–Crippen MR) is 102 cm³/mol. The third kappa shape index (κ3) is 3.85. The molecule has 0 N–H and O–H groups in total. The van der Waals surface area contributed by atoms with Crippen LogP contribution in [-0.2, 0) is 0 Å². The molecule has 4 rings (SSSR count). The molecule has 152 valence electrons. The van der Waals surface area contributed by atoms with E-state index in [1.165, 1.54) is 25.3 Å². The zero-order valence-electron chi connectivity index (χ0n) is 16.1. The summed E-state index contributed by atoms with van der Waals surface area (Å²) in [5, 5.41) is 0.758. The van der Waals surface area contributed by atoms with Gasteiger partial charge in [-0.2, -0.15) is 0 Å². The Morgan fingerprint density at radius 2 is 1.71 bits per heavy atom. The number of alkyl halides is 3. The summed E-state index contributed by atoms with van der Waals surface area (Å²) >= 11 is 0. The molecule has 2 fully saturated rings. The van der Waals surface area contributed by atoms with E-state index in [0.717, 1.165) is 31.6 Å². The Morgan fingerprint density at radius 1 is 1.00 bits per heavy atom. The molecule has 0 amide bonds. The van der Waals surface area contributed by atoms with Crippen LogP contribution in [0.4, 0.5) is 17.6 Å². The van der Waals surface area contributed by atoms with Gasteiger partial charge in [-0.15, -0.1) is 13.2 Å². The van der Waals surface area contributed by atoms with E-state index in [-0.39, 0.29) is 11.3 Å². The van der Waals surface area contributed by atoms with E-state index in [2.05, 4.69) is 11.7 Å². The molecule has 5 heteroatoms. The van der Waals surface area contributed by atoms with Crippen molar-refractivity contribution in [2.24, 2.45) is 17.8 Å². The van der Waals surface area contributed by atoms with Gasteiger partial charge in [-0.25, -0.2) is 4.39 Å². The van der Waals surface area contributed by atoms with Crippen LogP contribution in [-0.4, -0.2) is 6.36 Å². The highest BCUT2D eigenvalue weighted by Crippen LogP contribution is 2.50. The molecule has 1 nitrogen and oxygen atoms in total. The highest BCUT2D eigenvalue weighted by atomic mass is 19.4. The molecule has 0 bridgehead atoms. The molecule has 2 aromatic carbocycles. The van der Waals surface area contributed by atoms with Gasteiger partial charge < -0.3 is 4.74 Å². The lowest BCUT2D eigenvalue weighted by atomic mass is 9.63. The minimum atomic E-state index is -4.92. The van der Waals surface area contributed by atoms with E-state index in [0.29, 0.717) is 22.8 Å². The van der Waals surface area contributed by atoms with Crippen molar-refractivity contribution < 1.29 is 22.3 Å². The van der Waals surface area contributed by atoms with Crippen molar-refractivity contribution in [2.75, 3.05) is 0 Å². The minimum absolute atomic E-state index is 0.0420. The summed E-state index contributed by atoms with van der Waals surface area (Å²) < 4.78 is 58.1. The number of ether oxygens (including phenoxy) is 1. The molecular formula is C23H26F4O. The Kier molecular flexibility index (Phi) is 5.28. The number of hydrogen-bond acceptors (Lipinski definition) is 1. The van der Waals surface area contributed by atoms with Gasteiger partial charge in [0.15, 0.2) is 11.6 Å². The van der Waals surface area contributed by atoms with Gasteiger partial charge >= 0.3 is 6.36 Å². The molecule has 4 atom stereocenters. The highest BCUT2D eigenvalue weighted by Gasteiger charge is 2.38. The second-order valence-corrected chi connectivity index (χ2v) is 8.50. The Morgan fingerprint density at radius 3 is 2.46 bits per heavy atom. The average Bonchev–Trinajstić information content (AvgIpc) is 2.68. The zero-order chi connectivity index (χ0) is 19.9. The van der Waals surface area contributed by atoms with Gasteiger partial charge in [-0.05, 0) is 72.8 Å². The minimum Gasteiger partial charge on any atom is -0.402 e. The SMILES string of the molecule is CCC1CCC2CC(c3cc4ccccc4c(OC(F)(F)F)c3F)CCC2C1. The van der Waals surface area contributed by atoms with E-state index in [1.54, 1.807) is 24.3 Å². The largest absolute Gasteiger partial charge is 0.573 e. The van der Waals surface area contributed by atoms with Gasteiger partial charge in [-0.1, -0.05) is 44.0 Å². The Bertz CT molecular complexity index is 844. The van der Waals surface area contributed by atoms with Crippen LogP contribution in [0.15, 0.2) is 30.3 Å². The first-order valence-corrected chi connectivity index (χ1v) is 10.3. The van der Waals surface area contributed by atoms with Crippen molar-refractivity contribution in [1.82, 2.24) is 0 Å². The summed E-state index contributed by atoms with van der Waals surface area (Å²) in [6.07, 6.45) is 2.64. The average molecular weight is 394 g/mol. The lowest BCUT2D eigenvalue weighted by Crippen LogP contribution is -2.30. The van der Waals surface area contributed by atoms with E-state index in [9.17, 15) is 13.2 Å². The van der Waals surface area contributed by atoms with Gasteiger partial charge in [-0.3, -0.25) is 0 Å². The Labute approximate surface area is 163 Å². The first-order chi connectivity index (χ1) is 13.4.